The molecule has 6 nitrogen and oxygen atoms in total. The number of benzene rings is 2. The summed E-state index contributed by atoms with van der Waals surface area (Å²) in [5, 5.41) is 2.85. The van der Waals surface area contributed by atoms with Gasteiger partial charge in [-0.05, 0) is 68.3 Å². The number of amides is 1. The molecule has 2 aliphatic rings. The first-order chi connectivity index (χ1) is 14.4. The molecular formula is C23H27N3O3S. The average molecular weight is 426 g/mol. The lowest BCUT2D eigenvalue weighted by molar-refractivity contribution is -0.110. The third-order valence-electron chi connectivity index (χ3n) is 5.60. The minimum atomic E-state index is -3.38. The fourth-order valence-electron chi connectivity index (χ4n) is 3.91. The third-order valence-corrected chi connectivity index (χ3v) is 6.91. The van der Waals surface area contributed by atoms with Crippen LogP contribution < -0.4 is 10.0 Å². The van der Waals surface area contributed by atoms with Gasteiger partial charge >= 0.3 is 0 Å². The van der Waals surface area contributed by atoms with Crippen molar-refractivity contribution in [3.63, 3.8) is 0 Å². The fraction of sp³-hybridized carbons (Fsp3) is 0.348. The summed E-state index contributed by atoms with van der Waals surface area (Å²) < 4.78 is 26.3. The largest absolute Gasteiger partial charge is 0.321 e. The standard InChI is InChI=1S/C23H27N3O3S/c1-2-30(28,29)25-19-10-11-22-20(15-19)21(23(27)24-22)14-17-6-8-18(9-7-17)16-26-12-4-3-5-13-26/h6-11,14-15,25H,2-5,12-13,16H2,1H3,(H,24,27)/b21-14-. The molecule has 0 aliphatic carbocycles. The highest BCUT2D eigenvalue weighted by molar-refractivity contribution is 7.92. The van der Waals surface area contributed by atoms with Gasteiger partial charge in [0.25, 0.3) is 5.91 Å². The van der Waals surface area contributed by atoms with Gasteiger partial charge < -0.3 is 5.32 Å². The van der Waals surface area contributed by atoms with E-state index in [2.05, 4.69) is 27.1 Å². The van der Waals surface area contributed by atoms with Gasteiger partial charge in [0, 0.05) is 29.1 Å². The monoisotopic (exact) mass is 425 g/mol. The molecule has 0 spiro atoms. The van der Waals surface area contributed by atoms with Gasteiger partial charge in [-0.1, -0.05) is 30.7 Å². The maximum absolute atomic E-state index is 12.5. The van der Waals surface area contributed by atoms with Crippen molar-refractivity contribution in [3.05, 3.63) is 59.2 Å². The molecule has 158 valence electrons. The minimum Gasteiger partial charge on any atom is -0.321 e. The van der Waals surface area contributed by atoms with Gasteiger partial charge in [0.2, 0.25) is 10.0 Å². The van der Waals surface area contributed by atoms with E-state index in [1.54, 1.807) is 25.1 Å². The highest BCUT2D eigenvalue weighted by atomic mass is 32.2. The number of nitrogens with one attached hydrogen (secondary N) is 2. The van der Waals surface area contributed by atoms with Crippen molar-refractivity contribution >= 4 is 39.0 Å². The van der Waals surface area contributed by atoms with Gasteiger partial charge in [-0.2, -0.15) is 0 Å². The summed E-state index contributed by atoms with van der Waals surface area (Å²) in [7, 11) is -3.38. The Morgan fingerprint density at radius 2 is 1.80 bits per heavy atom. The molecule has 4 rings (SSSR count). The summed E-state index contributed by atoms with van der Waals surface area (Å²) in [5.41, 5.74) is 4.59. The van der Waals surface area contributed by atoms with E-state index in [-0.39, 0.29) is 11.7 Å². The molecule has 0 atom stereocenters. The summed E-state index contributed by atoms with van der Waals surface area (Å²) in [6.45, 7) is 4.86. The number of fused-ring (bicyclic) bond motifs is 1. The molecule has 1 amide bonds. The van der Waals surface area contributed by atoms with Gasteiger partial charge in [-0.3, -0.25) is 14.4 Å². The molecule has 0 bridgehead atoms. The first-order valence-electron chi connectivity index (χ1n) is 10.4. The zero-order valence-corrected chi connectivity index (χ0v) is 18.0. The Morgan fingerprint density at radius 1 is 1.07 bits per heavy atom. The lowest BCUT2D eigenvalue weighted by atomic mass is 10.0. The van der Waals surface area contributed by atoms with Crippen LogP contribution in [0.3, 0.4) is 0 Å². The van der Waals surface area contributed by atoms with Crippen molar-refractivity contribution in [1.29, 1.82) is 0 Å². The van der Waals surface area contributed by atoms with Crippen molar-refractivity contribution < 1.29 is 13.2 Å². The summed E-state index contributed by atoms with van der Waals surface area (Å²) in [6, 6.07) is 13.4. The van der Waals surface area contributed by atoms with Gasteiger partial charge in [-0.25, -0.2) is 8.42 Å². The zero-order chi connectivity index (χ0) is 21.1. The number of likely N-dealkylation sites (tertiary alicyclic amines) is 1. The fourth-order valence-corrected chi connectivity index (χ4v) is 4.54. The molecule has 2 aromatic rings. The molecule has 1 saturated heterocycles. The Hall–Kier alpha value is -2.64. The molecule has 2 N–H and O–H groups in total. The first kappa shape index (κ1) is 20.6. The van der Waals surface area contributed by atoms with Gasteiger partial charge in [0.15, 0.2) is 0 Å². The quantitative estimate of drug-likeness (QED) is 0.688. The maximum atomic E-state index is 12.5. The number of rotatable bonds is 6. The van der Waals surface area contributed by atoms with Crippen molar-refractivity contribution in [2.75, 3.05) is 28.9 Å². The number of carbonyl (C=O) groups excluding carboxylic acids is 1. The Morgan fingerprint density at radius 3 is 2.50 bits per heavy atom. The lowest BCUT2D eigenvalue weighted by Gasteiger charge is -2.26. The van der Waals surface area contributed by atoms with E-state index in [1.165, 1.54) is 24.8 Å². The number of anilines is 2. The lowest BCUT2D eigenvalue weighted by Crippen LogP contribution is -2.29. The summed E-state index contributed by atoms with van der Waals surface area (Å²) in [4.78, 5) is 15.0. The summed E-state index contributed by atoms with van der Waals surface area (Å²) >= 11 is 0. The first-order valence-corrected chi connectivity index (χ1v) is 12.1. The van der Waals surface area contributed by atoms with Crippen LogP contribution in [0.25, 0.3) is 11.6 Å². The number of piperidine rings is 1. The highest BCUT2D eigenvalue weighted by Gasteiger charge is 2.25. The highest BCUT2D eigenvalue weighted by Crippen LogP contribution is 2.35. The van der Waals surface area contributed by atoms with Crippen LogP contribution in [-0.2, 0) is 21.4 Å². The van der Waals surface area contributed by atoms with Crippen LogP contribution in [-0.4, -0.2) is 38.1 Å². The number of hydrogen-bond acceptors (Lipinski definition) is 4. The van der Waals surface area contributed by atoms with E-state index in [0.29, 0.717) is 22.5 Å². The van der Waals surface area contributed by atoms with Crippen LogP contribution >= 0.6 is 0 Å². The van der Waals surface area contributed by atoms with E-state index < -0.39 is 10.0 Å². The molecule has 0 aromatic heterocycles. The predicted molar refractivity (Wildman–Crippen MR) is 122 cm³/mol. The molecule has 2 heterocycles. The minimum absolute atomic E-state index is 0.00621. The second-order valence-electron chi connectivity index (χ2n) is 7.86. The van der Waals surface area contributed by atoms with Crippen LogP contribution in [0.1, 0.15) is 42.9 Å². The van der Waals surface area contributed by atoms with E-state index in [4.69, 9.17) is 0 Å². The molecule has 0 radical (unpaired) electrons. The number of nitrogens with zero attached hydrogens (tertiary/aromatic N) is 1. The molecule has 30 heavy (non-hydrogen) atoms. The van der Waals surface area contributed by atoms with Crippen molar-refractivity contribution in [2.45, 2.75) is 32.7 Å². The Kier molecular flexibility index (Phi) is 5.92. The summed E-state index contributed by atoms with van der Waals surface area (Å²) in [6.07, 6.45) is 5.72. The zero-order valence-electron chi connectivity index (χ0n) is 17.1. The molecule has 2 aromatic carbocycles. The van der Waals surface area contributed by atoms with Crippen LogP contribution in [0.2, 0.25) is 0 Å². The summed E-state index contributed by atoms with van der Waals surface area (Å²) in [5.74, 6) is -0.189. The van der Waals surface area contributed by atoms with Crippen LogP contribution in [0, 0.1) is 0 Å². The maximum Gasteiger partial charge on any atom is 0.256 e. The van der Waals surface area contributed by atoms with Crippen LogP contribution in [0.15, 0.2) is 42.5 Å². The predicted octanol–water partition coefficient (Wildman–Crippen LogP) is 3.93. The normalized spacial score (nSPS) is 18.3. The average Bonchev–Trinajstić information content (AvgIpc) is 3.05. The van der Waals surface area contributed by atoms with E-state index in [0.717, 1.165) is 25.2 Å². The second kappa shape index (κ2) is 8.62. The molecule has 1 fully saturated rings. The van der Waals surface area contributed by atoms with Gasteiger partial charge in [0.05, 0.1) is 5.75 Å². The van der Waals surface area contributed by atoms with Gasteiger partial charge in [0.1, 0.15) is 0 Å². The van der Waals surface area contributed by atoms with E-state index >= 15 is 0 Å². The van der Waals surface area contributed by atoms with E-state index in [9.17, 15) is 13.2 Å². The Labute approximate surface area is 178 Å². The smallest absolute Gasteiger partial charge is 0.256 e. The third kappa shape index (κ3) is 4.74. The number of sulfonamides is 1. The van der Waals surface area contributed by atoms with Crippen LogP contribution in [0.5, 0.6) is 0 Å². The molecule has 7 heteroatoms. The number of hydrogen-bond donors (Lipinski definition) is 2. The number of carbonyl (C=O) groups is 1. The Balaban J connectivity index is 1.54. The topological polar surface area (TPSA) is 78.5 Å². The van der Waals surface area contributed by atoms with E-state index in [1.807, 2.05) is 18.2 Å². The molecule has 2 aliphatic heterocycles. The molecule has 0 saturated carbocycles. The van der Waals surface area contributed by atoms with Crippen molar-refractivity contribution in [1.82, 2.24) is 4.90 Å². The van der Waals surface area contributed by atoms with Crippen molar-refractivity contribution in [3.8, 4) is 0 Å². The Bertz CT molecular complexity index is 1070. The van der Waals surface area contributed by atoms with Gasteiger partial charge in [-0.15, -0.1) is 0 Å². The SMILES string of the molecule is CCS(=O)(=O)Nc1ccc2c(c1)/C(=C/c1ccc(CN3CCCCC3)cc1)C(=O)N2. The van der Waals surface area contributed by atoms with Crippen molar-refractivity contribution in [2.24, 2.45) is 0 Å². The molecule has 0 unspecified atom stereocenters. The molecular weight excluding hydrogens is 398 g/mol. The second-order valence-corrected chi connectivity index (χ2v) is 9.87. The van der Waals surface area contributed by atoms with Crippen LogP contribution in [0.4, 0.5) is 11.4 Å².